The number of amides is 1. The van der Waals surface area contributed by atoms with Crippen molar-refractivity contribution >= 4 is 5.91 Å². The first-order valence-electron chi connectivity index (χ1n) is 12.8. The van der Waals surface area contributed by atoms with Gasteiger partial charge in [-0.15, -0.1) is 0 Å². The van der Waals surface area contributed by atoms with Crippen LogP contribution in [0.15, 0.2) is 36.4 Å². The Kier molecular flexibility index (Phi) is 7.14. The predicted octanol–water partition coefficient (Wildman–Crippen LogP) is 6.09. The Hall–Kier alpha value is -2.47. The third-order valence-electron chi connectivity index (χ3n) is 7.64. The number of aryl methyl sites for hydroxylation is 1. The molecule has 1 heterocycles. The number of carbonyl (C=O) groups excluding carboxylic acids is 1. The fourth-order valence-electron chi connectivity index (χ4n) is 5.32. The summed E-state index contributed by atoms with van der Waals surface area (Å²) < 4.78 is 32.9. The summed E-state index contributed by atoms with van der Waals surface area (Å²) in [6.45, 7) is 2.73. The minimum Gasteiger partial charge on any atom is -0.454 e. The van der Waals surface area contributed by atoms with Crippen LogP contribution in [-0.2, 0) is 6.42 Å². The molecule has 34 heavy (non-hydrogen) atoms. The lowest BCUT2D eigenvalue weighted by molar-refractivity contribution is 0.0745. The van der Waals surface area contributed by atoms with Gasteiger partial charge in [-0.05, 0) is 106 Å². The van der Waals surface area contributed by atoms with Crippen LogP contribution >= 0.6 is 0 Å². The van der Waals surface area contributed by atoms with E-state index in [1.54, 1.807) is 12.1 Å². The normalized spacial score (nSPS) is 22.9. The standard InChI is InChI=1S/C28H34F2N2O2/c29-22-8-12-27(26(30)16-22)34-24-11-7-21-2-1-14-32(28(33)25(21)17-24)15-13-19-5-9-23(10-6-19)31-18-20-3-4-20/h7-8,11-12,16-17,19-20,23,31H,1-6,9-10,13-15,18H2. The topological polar surface area (TPSA) is 41.6 Å². The van der Waals surface area contributed by atoms with Crippen molar-refractivity contribution in [2.24, 2.45) is 11.8 Å². The molecule has 2 aromatic rings. The molecular formula is C28H34F2N2O2. The maximum absolute atomic E-state index is 14.0. The van der Waals surface area contributed by atoms with E-state index in [2.05, 4.69) is 5.32 Å². The molecule has 4 nitrogen and oxygen atoms in total. The van der Waals surface area contributed by atoms with E-state index in [9.17, 15) is 13.6 Å². The highest BCUT2D eigenvalue weighted by molar-refractivity contribution is 5.96. The van der Waals surface area contributed by atoms with Gasteiger partial charge in [0.25, 0.3) is 5.91 Å². The number of benzene rings is 2. The van der Waals surface area contributed by atoms with Gasteiger partial charge in [-0.2, -0.15) is 0 Å². The number of nitrogens with one attached hydrogen (secondary N) is 1. The number of rotatable bonds is 8. The molecule has 2 aromatic carbocycles. The lowest BCUT2D eigenvalue weighted by Gasteiger charge is -2.31. The first-order chi connectivity index (χ1) is 16.5. The summed E-state index contributed by atoms with van der Waals surface area (Å²) in [5, 5.41) is 3.75. The van der Waals surface area contributed by atoms with Crippen LogP contribution in [0, 0.1) is 23.5 Å². The van der Waals surface area contributed by atoms with E-state index in [0.717, 1.165) is 56.0 Å². The molecule has 6 heteroatoms. The molecule has 0 atom stereocenters. The third-order valence-corrected chi connectivity index (χ3v) is 7.64. The molecule has 3 aliphatic rings. The van der Waals surface area contributed by atoms with Crippen LogP contribution in [0.1, 0.15) is 67.3 Å². The summed E-state index contributed by atoms with van der Waals surface area (Å²) in [6.07, 6.45) is 10.6. The van der Waals surface area contributed by atoms with E-state index in [1.165, 1.54) is 51.1 Å². The quantitative estimate of drug-likeness (QED) is 0.509. The minimum atomic E-state index is -0.764. The lowest BCUT2D eigenvalue weighted by Crippen LogP contribution is -2.36. The third kappa shape index (κ3) is 5.77. The van der Waals surface area contributed by atoms with Gasteiger partial charge in [0.1, 0.15) is 11.6 Å². The largest absolute Gasteiger partial charge is 0.454 e. The molecule has 2 aliphatic carbocycles. The molecular weight excluding hydrogens is 434 g/mol. The van der Waals surface area contributed by atoms with E-state index in [0.29, 0.717) is 23.3 Å². The SMILES string of the molecule is O=C1c2cc(Oc3ccc(F)cc3F)ccc2CCCN1CCC1CCC(NCC2CC2)CC1. The number of fused-ring (bicyclic) bond motifs is 1. The highest BCUT2D eigenvalue weighted by Gasteiger charge is 2.27. The number of ether oxygens (including phenoxy) is 1. The van der Waals surface area contributed by atoms with E-state index in [1.807, 2.05) is 11.0 Å². The van der Waals surface area contributed by atoms with Gasteiger partial charge in [0.05, 0.1) is 0 Å². The molecule has 0 spiro atoms. The Morgan fingerprint density at radius 2 is 1.76 bits per heavy atom. The molecule has 2 fully saturated rings. The molecule has 1 amide bonds. The van der Waals surface area contributed by atoms with Crippen LogP contribution in [0.4, 0.5) is 8.78 Å². The zero-order valence-corrected chi connectivity index (χ0v) is 19.7. The number of carbonyl (C=O) groups is 1. The monoisotopic (exact) mass is 468 g/mol. The number of hydrogen-bond donors (Lipinski definition) is 1. The summed E-state index contributed by atoms with van der Waals surface area (Å²) in [4.78, 5) is 15.3. The molecule has 0 aromatic heterocycles. The van der Waals surface area contributed by atoms with Crippen molar-refractivity contribution in [2.45, 2.75) is 63.8 Å². The minimum absolute atomic E-state index is 0.0253. The summed E-state index contributed by atoms with van der Waals surface area (Å²) in [7, 11) is 0. The Morgan fingerprint density at radius 1 is 0.971 bits per heavy atom. The Labute approximate surface area is 200 Å². The maximum Gasteiger partial charge on any atom is 0.254 e. The van der Waals surface area contributed by atoms with Gasteiger partial charge in [0.15, 0.2) is 11.6 Å². The Morgan fingerprint density at radius 3 is 2.53 bits per heavy atom. The van der Waals surface area contributed by atoms with Gasteiger partial charge >= 0.3 is 0 Å². The van der Waals surface area contributed by atoms with Crippen LogP contribution in [0.5, 0.6) is 11.5 Å². The summed E-state index contributed by atoms with van der Waals surface area (Å²) in [6, 6.07) is 9.24. The smallest absolute Gasteiger partial charge is 0.254 e. The van der Waals surface area contributed by atoms with Crippen LogP contribution in [0.3, 0.4) is 0 Å². The van der Waals surface area contributed by atoms with Gasteiger partial charge in [-0.25, -0.2) is 8.78 Å². The Bertz CT molecular complexity index is 1020. The average Bonchev–Trinajstić information content (AvgIpc) is 3.68. The lowest BCUT2D eigenvalue weighted by atomic mass is 9.84. The molecule has 5 rings (SSSR count). The second-order valence-electron chi connectivity index (χ2n) is 10.2. The zero-order valence-electron chi connectivity index (χ0n) is 19.7. The van der Waals surface area contributed by atoms with E-state index in [4.69, 9.17) is 4.74 Å². The summed E-state index contributed by atoms with van der Waals surface area (Å²) in [5.74, 6) is 0.553. The van der Waals surface area contributed by atoms with Crippen molar-refractivity contribution in [2.75, 3.05) is 19.6 Å². The van der Waals surface area contributed by atoms with Gasteiger partial charge in [0, 0.05) is 30.8 Å². The van der Waals surface area contributed by atoms with Crippen molar-refractivity contribution < 1.29 is 18.3 Å². The average molecular weight is 469 g/mol. The zero-order chi connectivity index (χ0) is 23.5. The Balaban J connectivity index is 1.18. The first kappa shape index (κ1) is 23.3. The van der Waals surface area contributed by atoms with Crippen molar-refractivity contribution in [1.29, 1.82) is 0 Å². The van der Waals surface area contributed by atoms with Gasteiger partial charge in [0.2, 0.25) is 0 Å². The van der Waals surface area contributed by atoms with Crippen molar-refractivity contribution in [1.82, 2.24) is 10.2 Å². The van der Waals surface area contributed by atoms with Crippen LogP contribution in [-0.4, -0.2) is 36.5 Å². The number of hydrogen-bond acceptors (Lipinski definition) is 3. The van der Waals surface area contributed by atoms with E-state index < -0.39 is 11.6 Å². The molecule has 182 valence electrons. The maximum atomic E-state index is 14.0. The molecule has 0 saturated heterocycles. The summed E-state index contributed by atoms with van der Waals surface area (Å²) in [5.41, 5.74) is 1.63. The second kappa shape index (κ2) is 10.4. The van der Waals surface area contributed by atoms with E-state index >= 15 is 0 Å². The predicted molar refractivity (Wildman–Crippen MR) is 128 cm³/mol. The molecule has 2 saturated carbocycles. The number of halogens is 2. The van der Waals surface area contributed by atoms with Crippen LogP contribution in [0.25, 0.3) is 0 Å². The van der Waals surface area contributed by atoms with Gasteiger partial charge in [-0.3, -0.25) is 4.79 Å². The van der Waals surface area contributed by atoms with E-state index in [-0.39, 0.29) is 11.7 Å². The first-order valence-corrected chi connectivity index (χ1v) is 12.8. The van der Waals surface area contributed by atoms with Crippen molar-refractivity contribution in [3.05, 3.63) is 59.2 Å². The fraction of sp³-hybridized carbons (Fsp3) is 0.536. The van der Waals surface area contributed by atoms with Gasteiger partial charge < -0.3 is 15.0 Å². The van der Waals surface area contributed by atoms with Gasteiger partial charge in [-0.1, -0.05) is 6.07 Å². The van der Waals surface area contributed by atoms with Crippen molar-refractivity contribution in [3.63, 3.8) is 0 Å². The summed E-state index contributed by atoms with van der Waals surface area (Å²) >= 11 is 0. The van der Waals surface area contributed by atoms with Crippen LogP contribution in [0.2, 0.25) is 0 Å². The van der Waals surface area contributed by atoms with Crippen LogP contribution < -0.4 is 10.1 Å². The molecule has 1 N–H and O–H groups in total. The molecule has 0 unspecified atom stereocenters. The molecule has 0 bridgehead atoms. The molecule has 1 aliphatic heterocycles. The number of nitrogens with zero attached hydrogens (tertiary/aromatic N) is 1. The van der Waals surface area contributed by atoms with Crippen molar-refractivity contribution in [3.8, 4) is 11.5 Å². The second-order valence-corrected chi connectivity index (χ2v) is 10.2. The highest BCUT2D eigenvalue weighted by Crippen LogP contribution is 2.32. The fourth-order valence-corrected chi connectivity index (χ4v) is 5.32. The highest BCUT2D eigenvalue weighted by atomic mass is 19.1. The molecule has 0 radical (unpaired) electrons.